The number of benzene rings is 2. The Hall–Kier alpha value is -3.09. The molecular formula is C22H22F2N4O. The van der Waals surface area contributed by atoms with E-state index < -0.39 is 12.2 Å². The molecule has 0 atom stereocenters. The summed E-state index contributed by atoms with van der Waals surface area (Å²) >= 11 is 0. The first-order chi connectivity index (χ1) is 14.1. The molecule has 0 radical (unpaired) electrons. The van der Waals surface area contributed by atoms with Gasteiger partial charge in [0.05, 0.1) is 5.52 Å². The van der Waals surface area contributed by atoms with Gasteiger partial charge in [0.25, 0.3) is 6.43 Å². The van der Waals surface area contributed by atoms with Crippen LogP contribution in [0, 0.1) is 0 Å². The summed E-state index contributed by atoms with van der Waals surface area (Å²) in [6.07, 6.45) is -0.855. The molecule has 1 aromatic heterocycles. The summed E-state index contributed by atoms with van der Waals surface area (Å²) in [7, 11) is 0. The Kier molecular flexibility index (Phi) is 5.64. The largest absolute Gasteiger partial charge is 0.369 e. The summed E-state index contributed by atoms with van der Waals surface area (Å²) in [5.41, 5.74) is 2.99. The number of carbonyl (C=O) groups excluding carboxylic acids is 1. The number of fused-ring (bicyclic) bond motifs is 2. The first-order valence-electron chi connectivity index (χ1n) is 9.75. The fraction of sp³-hybridized carbons (Fsp3) is 0.318. The van der Waals surface area contributed by atoms with E-state index in [1.165, 1.54) is 11.1 Å². The molecule has 1 N–H and O–H groups in total. The van der Waals surface area contributed by atoms with Gasteiger partial charge in [0, 0.05) is 31.4 Å². The zero-order valence-electron chi connectivity index (χ0n) is 15.9. The molecule has 7 heteroatoms. The minimum absolute atomic E-state index is 0.113. The quantitative estimate of drug-likeness (QED) is 0.630. The number of rotatable bonds is 6. The maximum absolute atomic E-state index is 13.1. The Balaban J connectivity index is 1.34. The molecule has 2 aromatic carbocycles. The van der Waals surface area contributed by atoms with Gasteiger partial charge in [-0.25, -0.2) is 18.7 Å². The van der Waals surface area contributed by atoms with Crippen molar-refractivity contribution in [2.75, 3.05) is 18.4 Å². The van der Waals surface area contributed by atoms with Gasteiger partial charge in [-0.3, -0.25) is 4.79 Å². The second kappa shape index (κ2) is 8.51. The van der Waals surface area contributed by atoms with E-state index in [1.54, 1.807) is 18.2 Å². The third-order valence-electron chi connectivity index (χ3n) is 5.16. The number of alkyl halides is 2. The van der Waals surface area contributed by atoms with Crippen molar-refractivity contribution in [3.63, 3.8) is 0 Å². The standard InChI is InChI=1S/C22H22F2N4O/c23-20(24)22-26-18-9-4-3-8-17(18)21(27-22)25-12-5-10-19(29)28-13-11-15-6-1-2-7-16(15)14-28/h1-4,6-9,20H,5,10-14H2,(H,25,26,27). The van der Waals surface area contributed by atoms with E-state index in [9.17, 15) is 13.6 Å². The number of para-hydroxylation sites is 1. The number of aromatic nitrogens is 2. The molecule has 150 valence electrons. The second-order valence-corrected chi connectivity index (χ2v) is 7.11. The Labute approximate surface area is 167 Å². The number of halogens is 2. The number of nitrogens with zero attached hydrogens (tertiary/aromatic N) is 3. The fourth-order valence-electron chi connectivity index (χ4n) is 3.64. The molecule has 3 aromatic rings. The average molecular weight is 396 g/mol. The zero-order chi connectivity index (χ0) is 20.2. The predicted molar refractivity (Wildman–Crippen MR) is 108 cm³/mol. The molecule has 0 aliphatic carbocycles. The van der Waals surface area contributed by atoms with E-state index in [0.29, 0.717) is 42.7 Å². The van der Waals surface area contributed by atoms with Crippen LogP contribution in [0.4, 0.5) is 14.6 Å². The first-order valence-corrected chi connectivity index (χ1v) is 9.75. The van der Waals surface area contributed by atoms with Gasteiger partial charge in [0.1, 0.15) is 5.82 Å². The van der Waals surface area contributed by atoms with Crippen LogP contribution >= 0.6 is 0 Å². The van der Waals surface area contributed by atoms with E-state index in [2.05, 4.69) is 27.4 Å². The lowest BCUT2D eigenvalue weighted by Crippen LogP contribution is -2.36. The van der Waals surface area contributed by atoms with Crippen LogP contribution in [0.25, 0.3) is 10.9 Å². The fourth-order valence-corrected chi connectivity index (χ4v) is 3.64. The normalized spacial score (nSPS) is 13.6. The molecule has 4 rings (SSSR count). The molecule has 0 saturated heterocycles. The van der Waals surface area contributed by atoms with Crippen LogP contribution in [0.15, 0.2) is 48.5 Å². The van der Waals surface area contributed by atoms with Crippen molar-refractivity contribution in [2.45, 2.75) is 32.2 Å². The Morgan fingerprint density at radius 1 is 1.07 bits per heavy atom. The van der Waals surface area contributed by atoms with Gasteiger partial charge in [0.15, 0.2) is 5.82 Å². The maximum Gasteiger partial charge on any atom is 0.297 e. The third-order valence-corrected chi connectivity index (χ3v) is 5.16. The summed E-state index contributed by atoms with van der Waals surface area (Å²) in [6.45, 7) is 1.86. The van der Waals surface area contributed by atoms with Crippen LogP contribution in [0.5, 0.6) is 0 Å². The molecule has 0 bridgehead atoms. The summed E-state index contributed by atoms with van der Waals surface area (Å²) in [6, 6.07) is 15.3. The van der Waals surface area contributed by atoms with E-state index in [1.807, 2.05) is 23.1 Å². The number of hydrogen-bond donors (Lipinski definition) is 1. The molecule has 0 fully saturated rings. The van der Waals surface area contributed by atoms with Gasteiger partial charge < -0.3 is 10.2 Å². The lowest BCUT2D eigenvalue weighted by atomic mass is 9.99. The second-order valence-electron chi connectivity index (χ2n) is 7.11. The lowest BCUT2D eigenvalue weighted by Gasteiger charge is -2.29. The number of carbonyl (C=O) groups is 1. The molecule has 1 aliphatic heterocycles. The number of nitrogens with one attached hydrogen (secondary N) is 1. The highest BCUT2D eigenvalue weighted by atomic mass is 19.3. The number of anilines is 1. The van der Waals surface area contributed by atoms with Crippen LogP contribution in [0.2, 0.25) is 0 Å². The Morgan fingerprint density at radius 2 is 1.83 bits per heavy atom. The molecule has 1 amide bonds. The van der Waals surface area contributed by atoms with E-state index in [4.69, 9.17) is 0 Å². The lowest BCUT2D eigenvalue weighted by molar-refractivity contribution is -0.132. The average Bonchev–Trinajstić information content (AvgIpc) is 2.75. The molecule has 1 aliphatic rings. The maximum atomic E-state index is 13.1. The molecule has 2 heterocycles. The molecule has 0 spiro atoms. The topological polar surface area (TPSA) is 58.1 Å². The minimum atomic E-state index is -2.73. The van der Waals surface area contributed by atoms with Crippen LogP contribution < -0.4 is 5.32 Å². The summed E-state index contributed by atoms with van der Waals surface area (Å²) in [5.74, 6) is 0.00150. The van der Waals surface area contributed by atoms with Gasteiger partial charge in [-0.05, 0) is 36.1 Å². The SMILES string of the molecule is O=C(CCCNc1nc(C(F)F)nc2ccccc12)N1CCc2ccccc2C1. The smallest absolute Gasteiger partial charge is 0.297 e. The molecule has 29 heavy (non-hydrogen) atoms. The van der Waals surface area contributed by atoms with Crippen molar-refractivity contribution in [3.05, 3.63) is 65.5 Å². The minimum Gasteiger partial charge on any atom is -0.369 e. The van der Waals surface area contributed by atoms with Gasteiger partial charge in [-0.2, -0.15) is 0 Å². The number of hydrogen-bond acceptors (Lipinski definition) is 4. The first kappa shape index (κ1) is 19.2. The van der Waals surface area contributed by atoms with Crippen molar-refractivity contribution in [2.24, 2.45) is 0 Å². The van der Waals surface area contributed by atoms with E-state index in [-0.39, 0.29) is 5.91 Å². The molecular weight excluding hydrogens is 374 g/mol. The Bertz CT molecular complexity index is 1020. The van der Waals surface area contributed by atoms with Gasteiger partial charge in [-0.1, -0.05) is 36.4 Å². The van der Waals surface area contributed by atoms with Crippen LogP contribution in [0.1, 0.15) is 36.2 Å². The van der Waals surface area contributed by atoms with Crippen molar-refractivity contribution >= 4 is 22.6 Å². The monoisotopic (exact) mass is 396 g/mol. The van der Waals surface area contributed by atoms with Crippen molar-refractivity contribution in [1.82, 2.24) is 14.9 Å². The molecule has 0 unspecified atom stereocenters. The van der Waals surface area contributed by atoms with Crippen LogP contribution in [-0.4, -0.2) is 33.9 Å². The van der Waals surface area contributed by atoms with Crippen LogP contribution in [0.3, 0.4) is 0 Å². The highest BCUT2D eigenvalue weighted by Crippen LogP contribution is 2.24. The highest BCUT2D eigenvalue weighted by Gasteiger charge is 2.20. The van der Waals surface area contributed by atoms with E-state index in [0.717, 1.165) is 13.0 Å². The summed E-state index contributed by atoms with van der Waals surface area (Å²) < 4.78 is 26.2. The number of amides is 1. The van der Waals surface area contributed by atoms with Gasteiger partial charge in [-0.15, -0.1) is 0 Å². The summed E-state index contributed by atoms with van der Waals surface area (Å²) in [4.78, 5) is 22.3. The van der Waals surface area contributed by atoms with Crippen molar-refractivity contribution < 1.29 is 13.6 Å². The molecule has 5 nitrogen and oxygen atoms in total. The Morgan fingerprint density at radius 3 is 2.66 bits per heavy atom. The zero-order valence-corrected chi connectivity index (χ0v) is 15.9. The van der Waals surface area contributed by atoms with Crippen LogP contribution in [-0.2, 0) is 17.8 Å². The van der Waals surface area contributed by atoms with Crippen molar-refractivity contribution in [3.8, 4) is 0 Å². The van der Waals surface area contributed by atoms with Gasteiger partial charge >= 0.3 is 0 Å². The van der Waals surface area contributed by atoms with E-state index >= 15 is 0 Å². The highest BCUT2D eigenvalue weighted by molar-refractivity contribution is 5.89. The summed E-state index contributed by atoms with van der Waals surface area (Å²) in [5, 5.41) is 3.79. The van der Waals surface area contributed by atoms with Gasteiger partial charge in [0.2, 0.25) is 5.91 Å². The van der Waals surface area contributed by atoms with Crippen molar-refractivity contribution in [1.29, 1.82) is 0 Å². The molecule has 0 saturated carbocycles. The predicted octanol–water partition coefficient (Wildman–Crippen LogP) is 4.34. The third kappa shape index (κ3) is 4.34.